The topological polar surface area (TPSA) is 105 Å². The van der Waals surface area contributed by atoms with Gasteiger partial charge in [0.05, 0.1) is 4.88 Å². The molecule has 1 fully saturated rings. The number of anilines is 1. The van der Waals surface area contributed by atoms with Gasteiger partial charge in [-0.3, -0.25) is 9.52 Å². The lowest BCUT2D eigenvalue weighted by molar-refractivity contribution is 0.0754. The number of aryl methyl sites for hydroxylation is 3. The third kappa shape index (κ3) is 4.10. The van der Waals surface area contributed by atoms with Gasteiger partial charge in [-0.25, -0.2) is 8.42 Å². The van der Waals surface area contributed by atoms with Crippen molar-refractivity contribution in [2.24, 2.45) is 0 Å². The molecular formula is C20H22N4O4S2. The molecule has 1 aliphatic rings. The molecule has 2 aromatic heterocycles. The van der Waals surface area contributed by atoms with Crippen LogP contribution in [0.2, 0.25) is 0 Å². The number of hydrogen-bond acceptors (Lipinski definition) is 7. The SMILES string of the molecule is Cc1cc(C)cc(NS(=O)(=O)c2cc(-c3nnc(C(=O)N4CCCC4)o3)sc2C)c1. The normalized spacial score (nSPS) is 14.3. The summed E-state index contributed by atoms with van der Waals surface area (Å²) in [6.45, 7) is 6.91. The number of hydrogen-bond donors (Lipinski definition) is 1. The van der Waals surface area contributed by atoms with Crippen LogP contribution in [0.5, 0.6) is 0 Å². The first-order valence-corrected chi connectivity index (χ1v) is 11.9. The summed E-state index contributed by atoms with van der Waals surface area (Å²) in [5, 5.41) is 7.81. The summed E-state index contributed by atoms with van der Waals surface area (Å²) in [6, 6.07) is 7.04. The first-order chi connectivity index (χ1) is 14.2. The van der Waals surface area contributed by atoms with Gasteiger partial charge in [0.25, 0.3) is 15.9 Å². The van der Waals surface area contributed by atoms with Gasteiger partial charge in [0.2, 0.25) is 0 Å². The van der Waals surface area contributed by atoms with E-state index in [1.54, 1.807) is 24.0 Å². The molecule has 158 valence electrons. The third-order valence-corrected chi connectivity index (χ3v) is 7.52. The van der Waals surface area contributed by atoms with Crippen LogP contribution in [-0.2, 0) is 10.0 Å². The van der Waals surface area contributed by atoms with Crippen molar-refractivity contribution in [1.29, 1.82) is 0 Å². The van der Waals surface area contributed by atoms with Crippen LogP contribution in [0.25, 0.3) is 10.8 Å². The van der Waals surface area contributed by atoms with E-state index >= 15 is 0 Å². The van der Waals surface area contributed by atoms with E-state index in [1.807, 2.05) is 19.9 Å². The number of likely N-dealkylation sites (tertiary alicyclic amines) is 1. The molecule has 0 spiro atoms. The minimum absolute atomic E-state index is 0.0734. The van der Waals surface area contributed by atoms with Gasteiger partial charge in [-0.15, -0.1) is 21.5 Å². The van der Waals surface area contributed by atoms with Gasteiger partial charge in [0, 0.05) is 23.7 Å². The number of nitrogens with zero attached hydrogens (tertiary/aromatic N) is 3. The number of rotatable bonds is 5. The number of amides is 1. The summed E-state index contributed by atoms with van der Waals surface area (Å²) >= 11 is 1.23. The number of sulfonamides is 1. The van der Waals surface area contributed by atoms with E-state index in [0.717, 1.165) is 24.0 Å². The maximum Gasteiger partial charge on any atom is 0.311 e. The van der Waals surface area contributed by atoms with Gasteiger partial charge in [-0.1, -0.05) is 6.07 Å². The Morgan fingerprint density at radius 2 is 1.73 bits per heavy atom. The number of carbonyl (C=O) groups excluding carboxylic acids is 1. The van der Waals surface area contributed by atoms with E-state index in [-0.39, 0.29) is 22.6 Å². The van der Waals surface area contributed by atoms with Crippen molar-refractivity contribution in [1.82, 2.24) is 15.1 Å². The summed E-state index contributed by atoms with van der Waals surface area (Å²) in [7, 11) is -3.79. The van der Waals surface area contributed by atoms with E-state index in [2.05, 4.69) is 14.9 Å². The van der Waals surface area contributed by atoms with E-state index < -0.39 is 10.0 Å². The minimum Gasteiger partial charge on any atom is -0.411 e. The molecule has 4 rings (SSSR count). The molecule has 0 atom stereocenters. The first kappa shape index (κ1) is 20.5. The van der Waals surface area contributed by atoms with Gasteiger partial charge in [0.1, 0.15) is 4.90 Å². The molecule has 30 heavy (non-hydrogen) atoms. The molecule has 0 unspecified atom stereocenters. The van der Waals surface area contributed by atoms with E-state index in [0.29, 0.717) is 28.5 Å². The molecule has 0 bridgehead atoms. The summed E-state index contributed by atoms with van der Waals surface area (Å²) in [4.78, 5) is 15.3. The fourth-order valence-corrected chi connectivity index (χ4v) is 6.10. The number of nitrogens with one attached hydrogen (secondary N) is 1. The Balaban J connectivity index is 1.59. The lowest BCUT2D eigenvalue weighted by atomic mass is 10.1. The highest BCUT2D eigenvalue weighted by molar-refractivity contribution is 7.93. The molecule has 0 saturated carbocycles. The Morgan fingerprint density at radius 1 is 1.07 bits per heavy atom. The molecule has 1 aromatic carbocycles. The highest BCUT2D eigenvalue weighted by Crippen LogP contribution is 2.34. The molecule has 3 heterocycles. The molecule has 8 nitrogen and oxygen atoms in total. The second-order valence-electron chi connectivity index (χ2n) is 7.42. The molecule has 1 aliphatic heterocycles. The van der Waals surface area contributed by atoms with Crippen LogP contribution >= 0.6 is 11.3 Å². The summed E-state index contributed by atoms with van der Waals surface area (Å²) in [6.07, 6.45) is 1.93. The molecule has 0 aliphatic carbocycles. The lowest BCUT2D eigenvalue weighted by Crippen LogP contribution is -2.27. The second kappa shape index (κ2) is 7.84. The smallest absolute Gasteiger partial charge is 0.311 e. The zero-order valence-electron chi connectivity index (χ0n) is 16.9. The third-order valence-electron chi connectivity index (χ3n) is 4.85. The predicted octanol–water partition coefficient (Wildman–Crippen LogP) is 3.76. The fraction of sp³-hybridized carbons (Fsp3) is 0.350. The van der Waals surface area contributed by atoms with E-state index in [4.69, 9.17) is 4.42 Å². The van der Waals surface area contributed by atoms with Crippen molar-refractivity contribution in [2.75, 3.05) is 17.8 Å². The number of aromatic nitrogens is 2. The molecule has 1 amide bonds. The average Bonchev–Trinajstić information content (AvgIpc) is 3.40. The Kier molecular flexibility index (Phi) is 5.37. The van der Waals surface area contributed by atoms with Crippen molar-refractivity contribution >= 4 is 33.0 Å². The van der Waals surface area contributed by atoms with Gasteiger partial charge < -0.3 is 9.32 Å². The van der Waals surface area contributed by atoms with E-state index in [1.165, 1.54) is 17.4 Å². The van der Waals surface area contributed by atoms with Gasteiger partial charge in [-0.2, -0.15) is 0 Å². The number of carbonyl (C=O) groups is 1. The van der Waals surface area contributed by atoms with Crippen molar-refractivity contribution in [2.45, 2.75) is 38.5 Å². The predicted molar refractivity (Wildman–Crippen MR) is 114 cm³/mol. The minimum atomic E-state index is -3.79. The van der Waals surface area contributed by atoms with Crippen molar-refractivity contribution < 1.29 is 17.6 Å². The van der Waals surface area contributed by atoms with Crippen LogP contribution in [0.15, 0.2) is 33.6 Å². The number of thiophene rings is 1. The second-order valence-corrected chi connectivity index (χ2v) is 10.3. The van der Waals surface area contributed by atoms with Crippen LogP contribution in [0.3, 0.4) is 0 Å². The van der Waals surface area contributed by atoms with Gasteiger partial charge in [0.15, 0.2) is 0 Å². The lowest BCUT2D eigenvalue weighted by Gasteiger charge is -2.11. The average molecular weight is 447 g/mol. The fourth-order valence-electron chi connectivity index (χ4n) is 3.55. The molecule has 10 heteroatoms. The standard InChI is InChI=1S/C20H22N4O4S2/c1-12-8-13(2)10-15(9-12)23-30(26,27)17-11-16(29-14(17)3)18-21-22-19(28-18)20(25)24-6-4-5-7-24/h8-11,23H,4-7H2,1-3H3. The van der Waals surface area contributed by atoms with Crippen LogP contribution in [0.1, 0.15) is 39.5 Å². The summed E-state index contributed by atoms with van der Waals surface area (Å²) < 4.78 is 34.1. The summed E-state index contributed by atoms with van der Waals surface area (Å²) in [5.74, 6) is -0.224. The van der Waals surface area contributed by atoms with Crippen molar-refractivity contribution in [3.63, 3.8) is 0 Å². The first-order valence-electron chi connectivity index (χ1n) is 9.57. The Morgan fingerprint density at radius 3 is 2.40 bits per heavy atom. The highest BCUT2D eigenvalue weighted by Gasteiger charge is 2.27. The zero-order chi connectivity index (χ0) is 21.5. The zero-order valence-corrected chi connectivity index (χ0v) is 18.6. The Bertz CT molecular complexity index is 1190. The highest BCUT2D eigenvalue weighted by atomic mass is 32.2. The van der Waals surface area contributed by atoms with Crippen LogP contribution in [0.4, 0.5) is 5.69 Å². The molecule has 1 N–H and O–H groups in total. The van der Waals surface area contributed by atoms with E-state index in [9.17, 15) is 13.2 Å². The van der Waals surface area contributed by atoms with Gasteiger partial charge >= 0.3 is 11.8 Å². The molecular weight excluding hydrogens is 424 g/mol. The molecule has 3 aromatic rings. The largest absolute Gasteiger partial charge is 0.411 e. The summed E-state index contributed by atoms with van der Waals surface area (Å²) in [5.41, 5.74) is 2.45. The van der Waals surface area contributed by atoms with Gasteiger partial charge in [-0.05, 0) is 62.9 Å². The van der Waals surface area contributed by atoms with Crippen molar-refractivity contribution in [3.8, 4) is 10.8 Å². The van der Waals surface area contributed by atoms with Crippen LogP contribution in [-0.4, -0.2) is 42.5 Å². The number of benzene rings is 1. The molecule has 1 saturated heterocycles. The Labute approximate surface area is 179 Å². The quantitative estimate of drug-likeness (QED) is 0.640. The van der Waals surface area contributed by atoms with Crippen molar-refractivity contribution in [3.05, 3.63) is 46.2 Å². The van der Waals surface area contributed by atoms with Crippen LogP contribution < -0.4 is 4.72 Å². The Hall–Kier alpha value is -2.72. The maximum absolute atomic E-state index is 12.9. The molecule has 0 radical (unpaired) electrons. The van der Waals surface area contributed by atoms with Crippen LogP contribution in [0, 0.1) is 20.8 Å². The maximum atomic E-state index is 12.9. The monoisotopic (exact) mass is 446 g/mol.